The number of pyridine rings is 2. The topological polar surface area (TPSA) is 93.8 Å². The van der Waals surface area contributed by atoms with Crippen molar-refractivity contribution in [3.63, 3.8) is 0 Å². The van der Waals surface area contributed by atoms with Gasteiger partial charge in [0.15, 0.2) is 11.5 Å². The zero-order valence-electron chi connectivity index (χ0n) is 20.8. The molecule has 1 amide bonds. The standard InChI is InChI=1S/C29H21BrClN3O5/c1-37-26-14-20-23(15-27(26)38-2)32-11-10-25(20)39-19-8-9-24(22(31)13-19)34(18-6-4-3-5-7-18)29(36)21-12-17(30)16-33-28(21)35/h3-16H,1-2H3,(H,33,35). The smallest absolute Gasteiger partial charge is 0.268 e. The van der Waals surface area contributed by atoms with Crippen LogP contribution in [-0.4, -0.2) is 30.1 Å². The fourth-order valence-corrected chi connectivity index (χ4v) is 4.67. The molecular weight excluding hydrogens is 586 g/mol. The molecule has 0 aliphatic carbocycles. The molecule has 0 radical (unpaired) electrons. The minimum atomic E-state index is -0.541. The summed E-state index contributed by atoms with van der Waals surface area (Å²) in [5.74, 6) is 1.52. The number of amides is 1. The zero-order valence-corrected chi connectivity index (χ0v) is 23.1. The maximum absolute atomic E-state index is 13.7. The van der Waals surface area contributed by atoms with Crippen molar-refractivity contribution < 1.29 is 19.0 Å². The first kappa shape index (κ1) is 26.3. The van der Waals surface area contributed by atoms with Crippen molar-refractivity contribution in [2.45, 2.75) is 0 Å². The normalized spacial score (nSPS) is 10.8. The quantitative estimate of drug-likeness (QED) is 0.212. The Morgan fingerprint density at radius 1 is 0.949 bits per heavy atom. The van der Waals surface area contributed by atoms with Crippen molar-refractivity contribution in [1.29, 1.82) is 0 Å². The Labute approximate surface area is 236 Å². The Hall–Kier alpha value is -4.34. The number of aromatic nitrogens is 2. The van der Waals surface area contributed by atoms with E-state index in [1.165, 1.54) is 17.2 Å². The molecule has 0 aliphatic rings. The first-order valence-electron chi connectivity index (χ1n) is 11.7. The summed E-state index contributed by atoms with van der Waals surface area (Å²) < 4.78 is 17.6. The van der Waals surface area contributed by atoms with E-state index in [1.807, 2.05) is 6.07 Å². The summed E-state index contributed by atoms with van der Waals surface area (Å²) in [5.41, 5.74) is 1.02. The van der Waals surface area contributed by atoms with Gasteiger partial charge in [-0.3, -0.25) is 19.5 Å². The van der Waals surface area contributed by atoms with E-state index in [2.05, 4.69) is 25.9 Å². The van der Waals surface area contributed by atoms with E-state index in [9.17, 15) is 9.59 Å². The number of methoxy groups -OCH3 is 2. The number of carbonyl (C=O) groups is 1. The molecule has 2 heterocycles. The summed E-state index contributed by atoms with van der Waals surface area (Å²) in [7, 11) is 3.12. The first-order chi connectivity index (χ1) is 18.9. The number of anilines is 2. The highest BCUT2D eigenvalue weighted by Crippen LogP contribution is 2.39. The van der Waals surface area contributed by atoms with Crippen LogP contribution in [0.25, 0.3) is 10.9 Å². The summed E-state index contributed by atoms with van der Waals surface area (Å²) in [6.07, 6.45) is 3.10. The van der Waals surface area contributed by atoms with Crippen molar-refractivity contribution in [3.8, 4) is 23.0 Å². The lowest BCUT2D eigenvalue weighted by molar-refractivity contribution is 0.0997. The third-order valence-electron chi connectivity index (χ3n) is 5.91. The number of hydrogen-bond donors (Lipinski definition) is 1. The summed E-state index contributed by atoms with van der Waals surface area (Å²) in [5, 5.41) is 0.957. The third-order valence-corrected chi connectivity index (χ3v) is 6.67. The van der Waals surface area contributed by atoms with Crippen LogP contribution < -0.4 is 24.7 Å². The molecule has 1 N–H and O–H groups in total. The SMILES string of the molecule is COc1cc2nccc(Oc3ccc(N(C(=O)c4cc(Br)c[nH]c4=O)c4ccccc4)c(Cl)c3)c2cc1OC. The number of benzene rings is 3. The van der Waals surface area contributed by atoms with Gasteiger partial charge < -0.3 is 19.2 Å². The summed E-state index contributed by atoms with van der Waals surface area (Å²) in [6.45, 7) is 0. The molecule has 5 rings (SSSR count). The van der Waals surface area contributed by atoms with E-state index in [0.29, 0.717) is 49.7 Å². The molecule has 0 saturated heterocycles. The molecule has 5 aromatic rings. The van der Waals surface area contributed by atoms with Gasteiger partial charge in [-0.25, -0.2) is 0 Å². The Bertz CT molecular complexity index is 1740. The van der Waals surface area contributed by atoms with Crippen LogP contribution in [0, 0.1) is 0 Å². The number of nitrogens with zero attached hydrogens (tertiary/aromatic N) is 2. The Balaban J connectivity index is 1.54. The largest absolute Gasteiger partial charge is 0.493 e. The molecule has 0 bridgehead atoms. The van der Waals surface area contributed by atoms with Crippen LogP contribution in [0.4, 0.5) is 11.4 Å². The third kappa shape index (κ3) is 5.32. The lowest BCUT2D eigenvalue weighted by Gasteiger charge is -2.24. The fraction of sp³-hybridized carbons (Fsp3) is 0.0690. The van der Waals surface area contributed by atoms with Gasteiger partial charge >= 0.3 is 0 Å². The second kappa shape index (κ2) is 11.2. The number of halogens is 2. The predicted octanol–water partition coefficient (Wildman–Crippen LogP) is 7.13. The van der Waals surface area contributed by atoms with Crippen molar-refractivity contribution in [2.24, 2.45) is 0 Å². The molecule has 0 saturated carbocycles. The van der Waals surface area contributed by atoms with Crippen LogP contribution in [-0.2, 0) is 0 Å². The number of nitrogens with one attached hydrogen (secondary N) is 1. The molecule has 2 aromatic heterocycles. The van der Waals surface area contributed by atoms with Gasteiger partial charge in [-0.2, -0.15) is 0 Å². The molecular formula is C29H21BrClN3O5. The van der Waals surface area contributed by atoms with Crippen molar-refractivity contribution in [1.82, 2.24) is 9.97 Å². The average molecular weight is 607 g/mol. The van der Waals surface area contributed by atoms with Crippen molar-refractivity contribution in [2.75, 3.05) is 19.1 Å². The van der Waals surface area contributed by atoms with Crippen LogP contribution in [0.1, 0.15) is 10.4 Å². The maximum atomic E-state index is 13.7. The van der Waals surface area contributed by atoms with E-state index in [4.69, 9.17) is 25.8 Å². The highest BCUT2D eigenvalue weighted by atomic mass is 79.9. The van der Waals surface area contributed by atoms with Crippen LogP contribution in [0.15, 0.2) is 94.5 Å². The number of H-pyrrole nitrogens is 1. The molecule has 0 aliphatic heterocycles. The van der Waals surface area contributed by atoms with Gasteiger partial charge in [-0.1, -0.05) is 29.8 Å². The average Bonchev–Trinajstić information content (AvgIpc) is 2.95. The Morgan fingerprint density at radius 2 is 1.69 bits per heavy atom. The molecule has 3 aromatic carbocycles. The Kier molecular flexibility index (Phi) is 7.53. The molecule has 0 spiro atoms. The highest BCUT2D eigenvalue weighted by Gasteiger charge is 2.25. The second-order valence-electron chi connectivity index (χ2n) is 8.29. The highest BCUT2D eigenvalue weighted by molar-refractivity contribution is 9.10. The van der Waals surface area contributed by atoms with Crippen molar-refractivity contribution in [3.05, 3.63) is 111 Å². The molecule has 8 nitrogen and oxygen atoms in total. The van der Waals surface area contributed by atoms with Gasteiger partial charge in [0, 0.05) is 40.1 Å². The monoisotopic (exact) mass is 605 g/mol. The van der Waals surface area contributed by atoms with E-state index in [0.717, 1.165) is 0 Å². The lowest BCUT2D eigenvalue weighted by Crippen LogP contribution is -2.31. The van der Waals surface area contributed by atoms with Crippen LogP contribution in [0.2, 0.25) is 5.02 Å². The van der Waals surface area contributed by atoms with Crippen molar-refractivity contribution >= 4 is 55.7 Å². The van der Waals surface area contributed by atoms with Gasteiger partial charge in [0.2, 0.25) is 0 Å². The molecule has 10 heteroatoms. The van der Waals surface area contributed by atoms with Gasteiger partial charge in [-0.15, -0.1) is 0 Å². The van der Waals surface area contributed by atoms with E-state index < -0.39 is 11.5 Å². The Morgan fingerprint density at radius 3 is 2.41 bits per heavy atom. The van der Waals surface area contributed by atoms with E-state index >= 15 is 0 Å². The maximum Gasteiger partial charge on any atom is 0.268 e. The number of ether oxygens (including phenoxy) is 3. The molecule has 0 unspecified atom stereocenters. The van der Waals surface area contributed by atoms with Crippen LogP contribution in [0.3, 0.4) is 0 Å². The minimum absolute atomic E-state index is 0.0442. The van der Waals surface area contributed by atoms with Gasteiger partial charge in [0.1, 0.15) is 17.1 Å². The summed E-state index contributed by atoms with van der Waals surface area (Å²) >= 11 is 10.0. The fourth-order valence-electron chi connectivity index (χ4n) is 4.08. The number of fused-ring (bicyclic) bond motifs is 1. The number of hydrogen-bond acceptors (Lipinski definition) is 6. The van der Waals surface area contributed by atoms with Gasteiger partial charge in [0.25, 0.3) is 11.5 Å². The molecule has 0 fully saturated rings. The zero-order chi connectivity index (χ0) is 27.5. The molecule has 39 heavy (non-hydrogen) atoms. The second-order valence-corrected chi connectivity index (χ2v) is 9.61. The lowest BCUT2D eigenvalue weighted by atomic mass is 10.1. The van der Waals surface area contributed by atoms with Crippen LogP contribution >= 0.6 is 27.5 Å². The first-order valence-corrected chi connectivity index (χ1v) is 12.8. The summed E-state index contributed by atoms with van der Waals surface area (Å²) in [4.78, 5) is 34.5. The minimum Gasteiger partial charge on any atom is -0.493 e. The molecule has 0 atom stereocenters. The summed E-state index contributed by atoms with van der Waals surface area (Å²) in [6, 6.07) is 20.7. The number of carbonyl (C=O) groups excluding carboxylic acids is 1. The van der Waals surface area contributed by atoms with Crippen LogP contribution in [0.5, 0.6) is 23.0 Å². The number of aromatic amines is 1. The number of para-hydroxylation sites is 1. The van der Waals surface area contributed by atoms with Gasteiger partial charge in [0.05, 0.1) is 30.4 Å². The molecule has 196 valence electrons. The predicted molar refractivity (Wildman–Crippen MR) is 154 cm³/mol. The van der Waals surface area contributed by atoms with Gasteiger partial charge in [-0.05, 0) is 58.4 Å². The van der Waals surface area contributed by atoms with E-state index in [1.54, 1.807) is 81.1 Å². The number of rotatable bonds is 7. The van der Waals surface area contributed by atoms with E-state index in [-0.39, 0.29) is 10.6 Å².